The third kappa shape index (κ3) is 3.09. The second kappa shape index (κ2) is 4.91. The van der Waals surface area contributed by atoms with Gasteiger partial charge in [-0.2, -0.15) is 0 Å². The Bertz CT molecular complexity index is 309. The lowest BCUT2D eigenvalue weighted by atomic mass is 10.1. The normalized spacial score (nSPS) is 21.4. The summed E-state index contributed by atoms with van der Waals surface area (Å²) in [5.74, 6) is -0.945. The number of hydrogen-bond acceptors (Lipinski definition) is 3. The van der Waals surface area contributed by atoms with Crippen LogP contribution in [0.15, 0.2) is 0 Å². The van der Waals surface area contributed by atoms with E-state index in [9.17, 15) is 9.59 Å². The second-order valence-corrected chi connectivity index (χ2v) is 4.86. The topological polar surface area (TPSA) is 86.9 Å². The molecule has 2 rings (SSSR count). The largest absolute Gasteiger partial charge is 0.480 e. The van der Waals surface area contributed by atoms with Gasteiger partial charge in [0.2, 0.25) is 0 Å². The van der Waals surface area contributed by atoms with Crippen molar-refractivity contribution < 1.29 is 14.7 Å². The van der Waals surface area contributed by atoms with E-state index in [1.165, 1.54) is 4.90 Å². The predicted octanol–water partition coefficient (Wildman–Crippen LogP) is 0.0785. The molecule has 0 radical (unpaired) electrons. The Labute approximate surface area is 100 Å². The van der Waals surface area contributed by atoms with Gasteiger partial charge in [0.25, 0.3) is 0 Å². The Balaban J connectivity index is 1.93. The molecule has 3 N–H and O–H groups in total. The zero-order chi connectivity index (χ0) is 12.4. The fraction of sp³-hybridized carbons (Fsp3) is 0.818. The molecule has 0 spiro atoms. The predicted molar refractivity (Wildman–Crippen MR) is 61.5 cm³/mol. The van der Waals surface area contributed by atoms with Gasteiger partial charge in [0.1, 0.15) is 6.54 Å². The van der Waals surface area contributed by atoms with Gasteiger partial charge in [-0.05, 0) is 25.7 Å². The van der Waals surface area contributed by atoms with E-state index in [1.54, 1.807) is 4.90 Å². The highest BCUT2D eigenvalue weighted by Gasteiger charge is 2.36. The highest BCUT2D eigenvalue weighted by molar-refractivity contribution is 5.80. The summed E-state index contributed by atoms with van der Waals surface area (Å²) in [6.07, 6.45) is 3.45. The number of carbonyl (C=O) groups is 2. The van der Waals surface area contributed by atoms with Crippen molar-refractivity contribution in [1.29, 1.82) is 0 Å². The van der Waals surface area contributed by atoms with Crippen LogP contribution in [0.1, 0.15) is 25.7 Å². The molecule has 0 bridgehead atoms. The molecule has 2 amide bonds. The third-order valence-corrected chi connectivity index (χ3v) is 3.35. The zero-order valence-electron chi connectivity index (χ0n) is 9.84. The van der Waals surface area contributed by atoms with Crippen molar-refractivity contribution in [3.8, 4) is 0 Å². The fourth-order valence-electron chi connectivity index (χ4n) is 2.16. The smallest absolute Gasteiger partial charge is 0.323 e. The second-order valence-electron chi connectivity index (χ2n) is 4.86. The molecule has 0 aromatic heterocycles. The van der Waals surface area contributed by atoms with Crippen LogP contribution in [0.2, 0.25) is 0 Å². The number of urea groups is 1. The monoisotopic (exact) mass is 241 g/mol. The summed E-state index contributed by atoms with van der Waals surface area (Å²) in [6.45, 7) is 1.09. The standard InChI is InChI=1S/C11H19N3O3/c12-8-3-5-13(6-4-8)11(17)14(7-10(15)16)9-1-2-9/h8-9H,1-7,12H2,(H,15,16). The van der Waals surface area contributed by atoms with Crippen LogP contribution in [0.25, 0.3) is 0 Å². The Morgan fingerprint density at radius 2 is 1.82 bits per heavy atom. The molecule has 0 aromatic carbocycles. The summed E-state index contributed by atoms with van der Waals surface area (Å²) in [7, 11) is 0. The SMILES string of the molecule is NC1CCN(C(=O)N(CC(=O)O)C2CC2)CC1. The van der Waals surface area contributed by atoms with Crippen molar-refractivity contribution in [3.63, 3.8) is 0 Å². The van der Waals surface area contributed by atoms with Crippen LogP contribution in [0.4, 0.5) is 4.79 Å². The quantitative estimate of drug-likeness (QED) is 0.732. The van der Waals surface area contributed by atoms with E-state index in [0.29, 0.717) is 13.1 Å². The maximum Gasteiger partial charge on any atom is 0.323 e. The number of piperidine rings is 1. The molecule has 6 heteroatoms. The number of carboxylic acid groups (broad SMARTS) is 1. The van der Waals surface area contributed by atoms with Crippen LogP contribution in [0, 0.1) is 0 Å². The Kier molecular flexibility index (Phi) is 3.51. The van der Waals surface area contributed by atoms with E-state index in [1.807, 2.05) is 0 Å². The lowest BCUT2D eigenvalue weighted by Gasteiger charge is -2.34. The number of nitrogens with two attached hydrogens (primary N) is 1. The van der Waals surface area contributed by atoms with E-state index in [4.69, 9.17) is 10.8 Å². The maximum absolute atomic E-state index is 12.2. The molecule has 0 aromatic rings. The van der Waals surface area contributed by atoms with Gasteiger partial charge < -0.3 is 20.6 Å². The van der Waals surface area contributed by atoms with Gasteiger partial charge in [0, 0.05) is 25.2 Å². The summed E-state index contributed by atoms with van der Waals surface area (Å²) >= 11 is 0. The number of aliphatic carboxylic acids is 1. The van der Waals surface area contributed by atoms with Crippen LogP contribution >= 0.6 is 0 Å². The van der Waals surface area contributed by atoms with Crippen molar-refractivity contribution in [1.82, 2.24) is 9.80 Å². The number of hydrogen-bond donors (Lipinski definition) is 2. The lowest BCUT2D eigenvalue weighted by Crippen LogP contribution is -2.50. The first-order chi connectivity index (χ1) is 8.08. The number of carboxylic acids is 1. The van der Waals surface area contributed by atoms with Gasteiger partial charge in [0.15, 0.2) is 0 Å². The van der Waals surface area contributed by atoms with Crippen molar-refractivity contribution >= 4 is 12.0 Å². The van der Waals surface area contributed by atoms with E-state index in [2.05, 4.69) is 0 Å². The number of nitrogens with zero attached hydrogens (tertiary/aromatic N) is 2. The molecular formula is C11H19N3O3. The average molecular weight is 241 g/mol. The fourth-order valence-corrected chi connectivity index (χ4v) is 2.16. The first kappa shape index (κ1) is 12.2. The number of carbonyl (C=O) groups excluding carboxylic acids is 1. The summed E-state index contributed by atoms with van der Waals surface area (Å²) in [4.78, 5) is 26.1. The molecule has 2 fully saturated rings. The summed E-state index contributed by atoms with van der Waals surface area (Å²) in [5, 5.41) is 8.82. The van der Waals surface area contributed by atoms with Gasteiger partial charge in [-0.1, -0.05) is 0 Å². The minimum atomic E-state index is -0.945. The summed E-state index contributed by atoms with van der Waals surface area (Å²) < 4.78 is 0. The molecule has 0 atom stereocenters. The van der Waals surface area contributed by atoms with Crippen LogP contribution < -0.4 is 5.73 Å². The van der Waals surface area contributed by atoms with Crippen molar-refractivity contribution in [2.24, 2.45) is 5.73 Å². The molecular weight excluding hydrogens is 222 g/mol. The lowest BCUT2D eigenvalue weighted by molar-refractivity contribution is -0.137. The zero-order valence-corrected chi connectivity index (χ0v) is 9.84. The summed E-state index contributed by atoms with van der Waals surface area (Å²) in [6, 6.07) is 0.170. The Morgan fingerprint density at radius 3 is 2.29 bits per heavy atom. The first-order valence-electron chi connectivity index (χ1n) is 6.11. The molecule has 0 unspecified atom stereocenters. The minimum Gasteiger partial charge on any atom is -0.480 e. The maximum atomic E-state index is 12.2. The first-order valence-corrected chi connectivity index (χ1v) is 6.11. The Hall–Kier alpha value is -1.30. The van der Waals surface area contributed by atoms with Crippen LogP contribution in [-0.2, 0) is 4.79 Å². The highest BCUT2D eigenvalue weighted by atomic mass is 16.4. The van der Waals surface area contributed by atoms with Crippen LogP contribution in [-0.4, -0.2) is 58.6 Å². The minimum absolute atomic E-state index is 0.134. The van der Waals surface area contributed by atoms with E-state index in [-0.39, 0.29) is 24.7 Å². The van der Waals surface area contributed by atoms with E-state index in [0.717, 1.165) is 25.7 Å². The van der Waals surface area contributed by atoms with Crippen LogP contribution in [0.3, 0.4) is 0 Å². The third-order valence-electron chi connectivity index (χ3n) is 3.35. The average Bonchev–Trinajstić information content (AvgIpc) is 3.09. The molecule has 6 nitrogen and oxygen atoms in total. The van der Waals surface area contributed by atoms with E-state index < -0.39 is 5.97 Å². The van der Waals surface area contributed by atoms with Gasteiger partial charge >= 0.3 is 12.0 Å². The highest BCUT2D eigenvalue weighted by Crippen LogP contribution is 2.28. The van der Waals surface area contributed by atoms with Gasteiger partial charge in [-0.15, -0.1) is 0 Å². The molecule has 1 aliphatic heterocycles. The van der Waals surface area contributed by atoms with Gasteiger partial charge in [-0.25, -0.2) is 4.79 Å². The number of likely N-dealkylation sites (tertiary alicyclic amines) is 1. The number of amides is 2. The van der Waals surface area contributed by atoms with Crippen molar-refractivity contribution in [2.45, 2.75) is 37.8 Å². The van der Waals surface area contributed by atoms with E-state index >= 15 is 0 Å². The number of rotatable bonds is 3. The molecule has 1 heterocycles. The molecule has 2 aliphatic rings. The molecule has 17 heavy (non-hydrogen) atoms. The Morgan fingerprint density at radius 1 is 1.24 bits per heavy atom. The van der Waals surface area contributed by atoms with Gasteiger partial charge in [-0.3, -0.25) is 4.79 Å². The van der Waals surface area contributed by atoms with Crippen molar-refractivity contribution in [2.75, 3.05) is 19.6 Å². The van der Waals surface area contributed by atoms with Crippen molar-refractivity contribution in [3.05, 3.63) is 0 Å². The molecule has 1 aliphatic carbocycles. The molecule has 96 valence electrons. The molecule has 1 saturated heterocycles. The molecule has 1 saturated carbocycles. The summed E-state index contributed by atoms with van der Waals surface area (Å²) in [5.41, 5.74) is 5.78. The van der Waals surface area contributed by atoms with Gasteiger partial charge in [0.05, 0.1) is 0 Å². The van der Waals surface area contributed by atoms with Crippen LogP contribution in [0.5, 0.6) is 0 Å².